The molecule has 0 saturated carbocycles. The molecule has 0 aliphatic heterocycles. The minimum absolute atomic E-state index is 0.305. The Kier molecular flexibility index (Phi) is 4.27. The summed E-state index contributed by atoms with van der Waals surface area (Å²) in [6, 6.07) is 2.36. The quantitative estimate of drug-likeness (QED) is 0.695. The van der Waals surface area contributed by atoms with Crippen LogP contribution in [0.5, 0.6) is 0 Å². The summed E-state index contributed by atoms with van der Waals surface area (Å²) >= 11 is 1.37. The third kappa shape index (κ3) is 3.40. The molecular weight excluding hydrogens is 297 g/mol. The SMILES string of the molecule is Cc1csc(C(C)NC(=O)c2cc(F)ccc2[N+](=O)[O-])n1. The van der Waals surface area contributed by atoms with Gasteiger partial charge in [0.2, 0.25) is 0 Å². The lowest BCUT2D eigenvalue weighted by molar-refractivity contribution is -0.385. The number of hydrogen-bond acceptors (Lipinski definition) is 5. The van der Waals surface area contributed by atoms with Crippen LogP contribution in [-0.2, 0) is 0 Å². The molecule has 2 rings (SSSR count). The van der Waals surface area contributed by atoms with Gasteiger partial charge in [-0.25, -0.2) is 9.37 Å². The van der Waals surface area contributed by atoms with Gasteiger partial charge in [-0.1, -0.05) is 0 Å². The maximum absolute atomic E-state index is 13.2. The normalized spacial score (nSPS) is 12.0. The first kappa shape index (κ1) is 15.0. The zero-order chi connectivity index (χ0) is 15.6. The summed E-state index contributed by atoms with van der Waals surface area (Å²) in [6.07, 6.45) is 0. The number of benzene rings is 1. The second-order valence-corrected chi connectivity index (χ2v) is 5.33. The number of carbonyl (C=O) groups is 1. The summed E-state index contributed by atoms with van der Waals surface area (Å²) in [6.45, 7) is 3.53. The summed E-state index contributed by atoms with van der Waals surface area (Å²) < 4.78 is 13.2. The van der Waals surface area contributed by atoms with Crippen molar-refractivity contribution in [3.05, 3.63) is 55.8 Å². The molecule has 110 valence electrons. The van der Waals surface area contributed by atoms with E-state index in [2.05, 4.69) is 10.3 Å². The first-order chi connectivity index (χ1) is 9.88. The average molecular weight is 309 g/mol. The van der Waals surface area contributed by atoms with Gasteiger partial charge in [-0.05, 0) is 26.0 Å². The van der Waals surface area contributed by atoms with Crippen LogP contribution in [0.2, 0.25) is 0 Å². The van der Waals surface area contributed by atoms with Gasteiger partial charge in [0.1, 0.15) is 16.4 Å². The third-order valence-electron chi connectivity index (χ3n) is 2.75. The molecule has 21 heavy (non-hydrogen) atoms. The van der Waals surface area contributed by atoms with Crippen LogP contribution in [0.15, 0.2) is 23.6 Å². The predicted molar refractivity (Wildman–Crippen MR) is 75.8 cm³/mol. The van der Waals surface area contributed by atoms with Gasteiger partial charge >= 0.3 is 0 Å². The Morgan fingerprint density at radius 1 is 1.52 bits per heavy atom. The minimum atomic E-state index is -0.716. The number of thiazole rings is 1. The highest BCUT2D eigenvalue weighted by Crippen LogP contribution is 2.22. The molecule has 1 N–H and O–H groups in total. The van der Waals surface area contributed by atoms with E-state index in [0.29, 0.717) is 5.01 Å². The van der Waals surface area contributed by atoms with Crippen molar-refractivity contribution in [2.45, 2.75) is 19.9 Å². The fourth-order valence-electron chi connectivity index (χ4n) is 1.76. The van der Waals surface area contributed by atoms with E-state index in [0.717, 1.165) is 23.9 Å². The Morgan fingerprint density at radius 3 is 2.81 bits per heavy atom. The number of rotatable bonds is 4. The third-order valence-corrected chi connectivity index (χ3v) is 3.90. The molecule has 1 unspecified atom stereocenters. The van der Waals surface area contributed by atoms with E-state index in [1.807, 2.05) is 12.3 Å². The van der Waals surface area contributed by atoms with Gasteiger partial charge in [0, 0.05) is 17.1 Å². The van der Waals surface area contributed by atoms with Crippen LogP contribution in [0.4, 0.5) is 10.1 Å². The monoisotopic (exact) mass is 309 g/mol. The molecule has 2 aromatic rings. The van der Waals surface area contributed by atoms with E-state index in [1.54, 1.807) is 6.92 Å². The maximum Gasteiger partial charge on any atom is 0.282 e. The van der Waals surface area contributed by atoms with Gasteiger partial charge < -0.3 is 5.32 Å². The first-order valence-corrected chi connectivity index (χ1v) is 6.93. The lowest BCUT2D eigenvalue weighted by atomic mass is 10.1. The number of aryl methyl sites for hydroxylation is 1. The molecule has 1 atom stereocenters. The van der Waals surface area contributed by atoms with Gasteiger partial charge in [-0.3, -0.25) is 14.9 Å². The predicted octanol–water partition coefficient (Wildman–Crippen LogP) is 2.99. The largest absolute Gasteiger partial charge is 0.343 e. The fraction of sp³-hybridized carbons (Fsp3) is 0.231. The van der Waals surface area contributed by atoms with E-state index in [9.17, 15) is 19.3 Å². The summed E-state index contributed by atoms with van der Waals surface area (Å²) in [5.41, 5.74) is 0.0874. The number of nitrogens with one attached hydrogen (secondary N) is 1. The van der Waals surface area contributed by atoms with Crippen LogP contribution in [0.25, 0.3) is 0 Å². The van der Waals surface area contributed by atoms with Crippen molar-refractivity contribution in [2.24, 2.45) is 0 Å². The topological polar surface area (TPSA) is 85.1 Å². The maximum atomic E-state index is 13.2. The lowest BCUT2D eigenvalue weighted by Gasteiger charge is -2.11. The van der Waals surface area contributed by atoms with Crippen LogP contribution in [0, 0.1) is 22.9 Å². The lowest BCUT2D eigenvalue weighted by Crippen LogP contribution is -2.27. The molecule has 1 aromatic heterocycles. The summed E-state index contributed by atoms with van der Waals surface area (Å²) in [7, 11) is 0. The number of amides is 1. The Labute approximate surface area is 123 Å². The van der Waals surface area contributed by atoms with Gasteiger partial charge in [-0.15, -0.1) is 11.3 Å². The summed E-state index contributed by atoms with van der Waals surface area (Å²) in [5.74, 6) is -1.41. The number of hydrogen-bond donors (Lipinski definition) is 1. The molecule has 0 aliphatic rings. The Hall–Kier alpha value is -2.35. The molecule has 1 aromatic carbocycles. The van der Waals surface area contributed by atoms with Crippen molar-refractivity contribution in [1.82, 2.24) is 10.3 Å². The molecule has 0 saturated heterocycles. The highest BCUT2D eigenvalue weighted by Gasteiger charge is 2.23. The smallest absolute Gasteiger partial charge is 0.282 e. The number of nitrogens with zero attached hydrogens (tertiary/aromatic N) is 2. The average Bonchev–Trinajstić information content (AvgIpc) is 2.85. The number of aromatic nitrogens is 1. The van der Waals surface area contributed by atoms with Crippen molar-refractivity contribution in [1.29, 1.82) is 0 Å². The minimum Gasteiger partial charge on any atom is -0.343 e. The highest BCUT2D eigenvalue weighted by molar-refractivity contribution is 7.09. The van der Waals surface area contributed by atoms with Crippen molar-refractivity contribution >= 4 is 22.9 Å². The van der Waals surface area contributed by atoms with E-state index in [-0.39, 0.29) is 5.56 Å². The molecule has 0 bridgehead atoms. The number of carbonyl (C=O) groups excluding carboxylic acids is 1. The van der Waals surface area contributed by atoms with E-state index < -0.39 is 28.4 Å². The van der Waals surface area contributed by atoms with Crippen molar-refractivity contribution in [2.75, 3.05) is 0 Å². The molecule has 6 nitrogen and oxygen atoms in total. The number of nitro groups is 1. The Morgan fingerprint density at radius 2 is 2.24 bits per heavy atom. The molecule has 0 fully saturated rings. The first-order valence-electron chi connectivity index (χ1n) is 6.05. The van der Waals surface area contributed by atoms with E-state index in [4.69, 9.17) is 0 Å². The van der Waals surface area contributed by atoms with Gasteiger partial charge in [-0.2, -0.15) is 0 Å². The fourth-order valence-corrected chi connectivity index (χ4v) is 2.56. The van der Waals surface area contributed by atoms with E-state index in [1.165, 1.54) is 11.3 Å². The molecule has 0 radical (unpaired) electrons. The van der Waals surface area contributed by atoms with Crippen LogP contribution in [-0.4, -0.2) is 15.8 Å². The van der Waals surface area contributed by atoms with Gasteiger partial charge in [0.05, 0.1) is 11.0 Å². The molecule has 0 aliphatic carbocycles. The van der Waals surface area contributed by atoms with Gasteiger partial charge in [0.25, 0.3) is 11.6 Å². The van der Waals surface area contributed by atoms with Crippen LogP contribution < -0.4 is 5.32 Å². The van der Waals surface area contributed by atoms with Crippen molar-refractivity contribution in [3.8, 4) is 0 Å². The molecule has 0 spiro atoms. The van der Waals surface area contributed by atoms with Crippen LogP contribution >= 0.6 is 11.3 Å². The number of halogens is 1. The highest BCUT2D eigenvalue weighted by atomic mass is 32.1. The van der Waals surface area contributed by atoms with Crippen LogP contribution in [0.1, 0.15) is 34.0 Å². The van der Waals surface area contributed by atoms with Crippen molar-refractivity contribution in [3.63, 3.8) is 0 Å². The summed E-state index contributed by atoms with van der Waals surface area (Å²) in [4.78, 5) is 26.5. The van der Waals surface area contributed by atoms with Crippen molar-refractivity contribution < 1.29 is 14.1 Å². The zero-order valence-electron chi connectivity index (χ0n) is 11.3. The van der Waals surface area contributed by atoms with Crippen LogP contribution in [0.3, 0.4) is 0 Å². The second kappa shape index (κ2) is 5.96. The molecular formula is C13H12FN3O3S. The zero-order valence-corrected chi connectivity index (χ0v) is 12.1. The molecule has 1 heterocycles. The number of nitro benzene ring substituents is 1. The molecule has 1 amide bonds. The Bertz CT molecular complexity index is 702. The van der Waals surface area contributed by atoms with Gasteiger partial charge in [0.15, 0.2) is 0 Å². The Balaban J connectivity index is 2.24. The molecule has 8 heteroatoms. The standard InChI is InChI=1S/C13H12FN3O3S/c1-7-6-21-13(15-7)8(2)16-12(18)10-5-9(14)3-4-11(10)17(19)20/h3-6,8H,1-2H3,(H,16,18). The second-order valence-electron chi connectivity index (χ2n) is 4.44. The van der Waals surface area contributed by atoms with E-state index >= 15 is 0 Å². The summed E-state index contributed by atoms with van der Waals surface area (Å²) in [5, 5.41) is 16.0.